The third kappa shape index (κ3) is 4.92. The molecule has 4 aromatic heterocycles. The maximum atomic E-state index is 12.7. The van der Waals surface area contributed by atoms with E-state index in [9.17, 15) is 4.79 Å². The number of nitrogens with zero attached hydrogens (tertiary/aromatic N) is 5. The summed E-state index contributed by atoms with van der Waals surface area (Å²) in [7, 11) is 0. The van der Waals surface area contributed by atoms with Crippen LogP contribution >= 0.6 is 0 Å². The molecule has 3 N–H and O–H groups in total. The first-order valence-electron chi connectivity index (χ1n) is 14.5. The van der Waals surface area contributed by atoms with Crippen molar-refractivity contribution in [3.8, 4) is 22.6 Å². The fraction of sp³-hybridized carbons (Fsp3) is 0.387. The van der Waals surface area contributed by atoms with Crippen LogP contribution in [0.2, 0.25) is 0 Å². The van der Waals surface area contributed by atoms with Crippen LogP contribution in [0, 0.1) is 5.92 Å². The number of pyridine rings is 2. The van der Waals surface area contributed by atoms with Gasteiger partial charge in [-0.2, -0.15) is 5.10 Å². The molecule has 2 aliphatic rings. The quantitative estimate of drug-likeness (QED) is 0.230. The minimum absolute atomic E-state index is 0.0710. The van der Waals surface area contributed by atoms with Gasteiger partial charge in [-0.1, -0.05) is 25.3 Å². The second-order valence-corrected chi connectivity index (χ2v) is 11.2. The summed E-state index contributed by atoms with van der Waals surface area (Å²) in [6, 6.07) is 10.1. The highest BCUT2D eigenvalue weighted by molar-refractivity contribution is 5.97. The second kappa shape index (κ2) is 10.7. The Hall–Kier alpha value is -4.27. The van der Waals surface area contributed by atoms with E-state index in [1.807, 2.05) is 36.7 Å². The number of aromatic amines is 2. The van der Waals surface area contributed by atoms with Crippen LogP contribution in [0.25, 0.3) is 44.6 Å². The molecule has 0 bridgehead atoms. The summed E-state index contributed by atoms with van der Waals surface area (Å²) in [6.45, 7) is 2.02. The van der Waals surface area contributed by atoms with E-state index < -0.39 is 0 Å². The number of amides is 1. The van der Waals surface area contributed by atoms with Crippen molar-refractivity contribution in [2.45, 2.75) is 57.8 Å². The lowest BCUT2D eigenvalue weighted by Crippen LogP contribution is -2.30. The van der Waals surface area contributed by atoms with Crippen molar-refractivity contribution in [1.82, 2.24) is 30.1 Å². The van der Waals surface area contributed by atoms with E-state index in [1.54, 1.807) is 6.20 Å². The molecule has 7 rings (SSSR count). The van der Waals surface area contributed by atoms with E-state index in [0.29, 0.717) is 18.2 Å². The Balaban J connectivity index is 1.17. The lowest BCUT2D eigenvalue weighted by molar-refractivity contribution is -0.117. The Morgan fingerprint density at radius 3 is 2.67 bits per heavy atom. The number of hydrogen-bond acceptors (Lipinski definition) is 6. The van der Waals surface area contributed by atoms with Gasteiger partial charge in [0.1, 0.15) is 11.2 Å². The highest BCUT2D eigenvalue weighted by Gasteiger charge is 2.20. The molecule has 9 nitrogen and oxygen atoms in total. The Morgan fingerprint density at radius 1 is 0.950 bits per heavy atom. The Bertz CT molecular complexity index is 1660. The van der Waals surface area contributed by atoms with Crippen molar-refractivity contribution in [2.75, 3.05) is 23.3 Å². The standard InChI is InChI=1S/C31H34N8O/c40-27(15-20-7-3-1-4-8-20)34-23-16-22(18-32-19-23)21-9-10-25-24(17-21)28(38-37-25)30-35-26-11-12-33-31(29(26)36-30)39-13-5-2-6-14-39/h9-12,16-20H,1-8,13-15H2,(H,34,40)(H,35,36)(H,37,38). The molecule has 0 radical (unpaired) electrons. The summed E-state index contributed by atoms with van der Waals surface area (Å²) >= 11 is 0. The Labute approximate surface area is 232 Å². The number of anilines is 2. The van der Waals surface area contributed by atoms with Gasteiger partial charge in [0.15, 0.2) is 11.6 Å². The number of hydrogen-bond donors (Lipinski definition) is 3. The van der Waals surface area contributed by atoms with Crippen LogP contribution in [0.4, 0.5) is 11.5 Å². The van der Waals surface area contributed by atoms with E-state index in [4.69, 9.17) is 4.98 Å². The monoisotopic (exact) mass is 534 g/mol. The van der Waals surface area contributed by atoms with E-state index in [0.717, 1.165) is 76.2 Å². The predicted octanol–water partition coefficient (Wildman–Crippen LogP) is 6.46. The number of carbonyl (C=O) groups excluding carboxylic acids is 1. The van der Waals surface area contributed by atoms with Crippen molar-refractivity contribution in [3.63, 3.8) is 0 Å². The number of carbonyl (C=O) groups is 1. The molecule has 9 heteroatoms. The molecule has 40 heavy (non-hydrogen) atoms. The highest BCUT2D eigenvalue weighted by Crippen LogP contribution is 2.33. The van der Waals surface area contributed by atoms with Gasteiger partial charge in [0.05, 0.1) is 22.9 Å². The molecule has 2 fully saturated rings. The molecular weight excluding hydrogens is 500 g/mol. The second-order valence-electron chi connectivity index (χ2n) is 11.2. The molecule has 1 aliphatic carbocycles. The smallest absolute Gasteiger partial charge is 0.224 e. The molecule has 204 valence electrons. The normalized spacial score (nSPS) is 16.6. The zero-order valence-electron chi connectivity index (χ0n) is 22.6. The predicted molar refractivity (Wildman–Crippen MR) is 158 cm³/mol. The number of nitrogens with one attached hydrogen (secondary N) is 3. The van der Waals surface area contributed by atoms with Crippen molar-refractivity contribution in [1.29, 1.82) is 0 Å². The molecule has 1 saturated heterocycles. The maximum Gasteiger partial charge on any atom is 0.224 e. The van der Waals surface area contributed by atoms with Crippen LogP contribution in [0.1, 0.15) is 57.8 Å². The number of fused-ring (bicyclic) bond motifs is 2. The van der Waals surface area contributed by atoms with Gasteiger partial charge in [0, 0.05) is 42.9 Å². The van der Waals surface area contributed by atoms with Crippen molar-refractivity contribution in [2.24, 2.45) is 5.92 Å². The molecule has 1 aliphatic heterocycles. The number of piperidine rings is 1. The number of imidazole rings is 1. The van der Waals surface area contributed by atoms with Gasteiger partial charge in [0.2, 0.25) is 5.91 Å². The van der Waals surface area contributed by atoms with Crippen LogP contribution in [0.15, 0.2) is 48.9 Å². The number of rotatable bonds is 6. The van der Waals surface area contributed by atoms with Gasteiger partial charge in [0.25, 0.3) is 0 Å². The number of benzene rings is 1. The summed E-state index contributed by atoms with van der Waals surface area (Å²) in [6.07, 6.45) is 15.7. The fourth-order valence-corrected chi connectivity index (χ4v) is 6.28. The van der Waals surface area contributed by atoms with Gasteiger partial charge < -0.3 is 15.2 Å². The third-order valence-corrected chi connectivity index (χ3v) is 8.38. The largest absolute Gasteiger partial charge is 0.355 e. The topological polar surface area (TPSA) is 115 Å². The molecule has 1 amide bonds. The van der Waals surface area contributed by atoms with Crippen LogP contribution < -0.4 is 10.2 Å². The Kier molecular flexibility index (Phi) is 6.63. The molecule has 5 heterocycles. The average molecular weight is 535 g/mol. The first kappa shape index (κ1) is 24.7. The minimum Gasteiger partial charge on any atom is -0.355 e. The maximum absolute atomic E-state index is 12.7. The highest BCUT2D eigenvalue weighted by atomic mass is 16.1. The van der Waals surface area contributed by atoms with Crippen LogP contribution in [-0.2, 0) is 4.79 Å². The number of H-pyrrole nitrogens is 2. The molecule has 0 atom stereocenters. The van der Waals surface area contributed by atoms with Gasteiger partial charge >= 0.3 is 0 Å². The van der Waals surface area contributed by atoms with Crippen molar-refractivity contribution in [3.05, 3.63) is 48.9 Å². The van der Waals surface area contributed by atoms with E-state index in [1.165, 1.54) is 38.5 Å². The molecule has 5 aromatic rings. The SMILES string of the molecule is O=C(CC1CCCCC1)Nc1cncc(-c2ccc3[nH]nc(-c4nc5c(N6CCCCC6)nccc5[nH]4)c3c2)c1. The summed E-state index contributed by atoms with van der Waals surface area (Å²) in [4.78, 5) is 32.6. The third-order valence-electron chi connectivity index (χ3n) is 8.38. The minimum atomic E-state index is 0.0710. The van der Waals surface area contributed by atoms with Gasteiger partial charge in [-0.3, -0.25) is 14.9 Å². The van der Waals surface area contributed by atoms with E-state index in [2.05, 4.69) is 41.4 Å². The van der Waals surface area contributed by atoms with Crippen molar-refractivity contribution < 1.29 is 4.79 Å². The fourth-order valence-electron chi connectivity index (χ4n) is 6.28. The summed E-state index contributed by atoms with van der Waals surface area (Å²) in [5.41, 5.74) is 6.19. The molecule has 1 aromatic carbocycles. The molecular formula is C31H34N8O. The lowest BCUT2D eigenvalue weighted by Gasteiger charge is -2.27. The van der Waals surface area contributed by atoms with Gasteiger partial charge in [-0.15, -0.1) is 0 Å². The summed E-state index contributed by atoms with van der Waals surface area (Å²) in [5, 5.41) is 11.8. The first-order chi connectivity index (χ1) is 19.7. The van der Waals surface area contributed by atoms with E-state index >= 15 is 0 Å². The molecule has 0 spiro atoms. The molecule has 1 saturated carbocycles. The van der Waals surface area contributed by atoms with E-state index in [-0.39, 0.29) is 5.91 Å². The number of aromatic nitrogens is 6. The van der Waals surface area contributed by atoms with Gasteiger partial charge in [-0.25, -0.2) is 9.97 Å². The molecule has 0 unspecified atom stereocenters. The zero-order valence-corrected chi connectivity index (χ0v) is 22.6. The van der Waals surface area contributed by atoms with Crippen LogP contribution in [0.3, 0.4) is 0 Å². The van der Waals surface area contributed by atoms with Crippen LogP contribution in [0.5, 0.6) is 0 Å². The summed E-state index contributed by atoms with van der Waals surface area (Å²) in [5.74, 6) is 2.22. The average Bonchev–Trinajstić information content (AvgIpc) is 3.62. The summed E-state index contributed by atoms with van der Waals surface area (Å²) < 4.78 is 0. The lowest BCUT2D eigenvalue weighted by atomic mass is 9.87. The zero-order chi connectivity index (χ0) is 26.9. The van der Waals surface area contributed by atoms with Crippen LogP contribution in [-0.4, -0.2) is 49.1 Å². The Morgan fingerprint density at radius 2 is 1.80 bits per heavy atom. The van der Waals surface area contributed by atoms with Gasteiger partial charge in [-0.05, 0) is 67.9 Å². The van der Waals surface area contributed by atoms with Crippen molar-refractivity contribution >= 4 is 39.3 Å². The first-order valence-corrected chi connectivity index (χ1v) is 14.5.